The first-order chi connectivity index (χ1) is 10.2. The van der Waals surface area contributed by atoms with E-state index in [1.165, 1.54) is 0 Å². The quantitative estimate of drug-likeness (QED) is 0.855. The van der Waals surface area contributed by atoms with Crippen molar-refractivity contribution in [3.05, 3.63) is 64.7 Å². The molecule has 110 valence electrons. The van der Waals surface area contributed by atoms with Gasteiger partial charge in [-0.25, -0.2) is 0 Å². The molecular formula is C17H19ClN2O. The third kappa shape index (κ3) is 4.88. The lowest BCUT2D eigenvalue weighted by Crippen LogP contribution is -2.28. The van der Waals surface area contributed by atoms with Crippen molar-refractivity contribution >= 4 is 23.2 Å². The van der Waals surface area contributed by atoms with Gasteiger partial charge in [-0.15, -0.1) is 0 Å². The molecule has 0 heterocycles. The molecule has 0 unspecified atom stereocenters. The highest BCUT2D eigenvalue weighted by Gasteiger charge is 2.05. The maximum atomic E-state index is 11.9. The van der Waals surface area contributed by atoms with Crippen LogP contribution in [0.3, 0.4) is 0 Å². The van der Waals surface area contributed by atoms with Crippen LogP contribution in [0.4, 0.5) is 5.69 Å². The zero-order valence-electron chi connectivity index (χ0n) is 12.0. The van der Waals surface area contributed by atoms with E-state index in [1.54, 1.807) is 0 Å². The van der Waals surface area contributed by atoms with Gasteiger partial charge in [0.05, 0.1) is 6.54 Å². The number of benzene rings is 2. The molecule has 21 heavy (non-hydrogen) atoms. The number of rotatable bonds is 6. The number of anilines is 1. The Morgan fingerprint density at radius 2 is 1.81 bits per heavy atom. The largest absolute Gasteiger partial charge is 0.325 e. The average Bonchev–Trinajstić information content (AvgIpc) is 2.50. The van der Waals surface area contributed by atoms with Gasteiger partial charge >= 0.3 is 0 Å². The summed E-state index contributed by atoms with van der Waals surface area (Å²) in [7, 11) is 0. The maximum absolute atomic E-state index is 11.9. The Morgan fingerprint density at radius 1 is 1.10 bits per heavy atom. The van der Waals surface area contributed by atoms with E-state index in [-0.39, 0.29) is 12.5 Å². The van der Waals surface area contributed by atoms with Gasteiger partial charge < -0.3 is 10.6 Å². The van der Waals surface area contributed by atoms with Crippen LogP contribution in [0.2, 0.25) is 5.02 Å². The Kier molecular flexibility index (Phi) is 5.78. The van der Waals surface area contributed by atoms with Crippen molar-refractivity contribution in [3.63, 3.8) is 0 Å². The number of nitrogens with one attached hydrogen (secondary N) is 2. The highest BCUT2D eigenvalue weighted by atomic mass is 35.5. The van der Waals surface area contributed by atoms with Crippen molar-refractivity contribution in [2.24, 2.45) is 0 Å². The molecule has 1 amide bonds. The van der Waals surface area contributed by atoms with Gasteiger partial charge in [0, 0.05) is 17.3 Å². The molecule has 2 aromatic carbocycles. The van der Waals surface area contributed by atoms with Crippen LogP contribution >= 0.6 is 11.6 Å². The van der Waals surface area contributed by atoms with Crippen LogP contribution in [0, 0.1) is 0 Å². The zero-order valence-corrected chi connectivity index (χ0v) is 12.8. The van der Waals surface area contributed by atoms with Crippen LogP contribution in [0.1, 0.15) is 18.1 Å². The van der Waals surface area contributed by atoms with Crippen molar-refractivity contribution in [1.29, 1.82) is 0 Å². The van der Waals surface area contributed by atoms with Gasteiger partial charge in [0.2, 0.25) is 5.91 Å². The van der Waals surface area contributed by atoms with Crippen LogP contribution in [-0.2, 0) is 17.8 Å². The molecule has 0 saturated heterocycles. The van der Waals surface area contributed by atoms with Crippen molar-refractivity contribution in [1.82, 2.24) is 5.32 Å². The topological polar surface area (TPSA) is 41.1 Å². The second-order valence-electron chi connectivity index (χ2n) is 4.79. The van der Waals surface area contributed by atoms with Gasteiger partial charge in [-0.3, -0.25) is 4.79 Å². The number of aryl methyl sites for hydroxylation is 1. The van der Waals surface area contributed by atoms with Crippen LogP contribution in [0.15, 0.2) is 48.5 Å². The number of hydrogen-bond acceptors (Lipinski definition) is 2. The van der Waals surface area contributed by atoms with E-state index in [2.05, 4.69) is 17.6 Å². The van der Waals surface area contributed by atoms with Gasteiger partial charge in [-0.05, 0) is 35.7 Å². The Labute approximate surface area is 130 Å². The molecule has 2 aromatic rings. The van der Waals surface area contributed by atoms with Crippen molar-refractivity contribution < 1.29 is 4.79 Å². The minimum Gasteiger partial charge on any atom is -0.325 e. The minimum atomic E-state index is -0.0372. The van der Waals surface area contributed by atoms with E-state index < -0.39 is 0 Å². The van der Waals surface area contributed by atoms with Gasteiger partial charge in [0.25, 0.3) is 0 Å². The molecule has 3 nitrogen and oxygen atoms in total. The summed E-state index contributed by atoms with van der Waals surface area (Å²) >= 11 is 5.83. The predicted molar refractivity (Wildman–Crippen MR) is 87.6 cm³/mol. The smallest absolute Gasteiger partial charge is 0.238 e. The van der Waals surface area contributed by atoms with Crippen LogP contribution < -0.4 is 10.6 Å². The molecule has 0 spiro atoms. The fourth-order valence-corrected chi connectivity index (χ4v) is 2.19. The summed E-state index contributed by atoms with van der Waals surface area (Å²) in [5.74, 6) is -0.0372. The number of amides is 1. The molecule has 0 aliphatic carbocycles. The highest BCUT2D eigenvalue weighted by molar-refractivity contribution is 6.30. The first kappa shape index (κ1) is 15.5. The fourth-order valence-electron chi connectivity index (χ4n) is 2.07. The lowest BCUT2D eigenvalue weighted by atomic mass is 10.1. The SMILES string of the molecule is CCc1ccccc1NC(=O)CNCc1ccc(Cl)cc1. The third-order valence-corrected chi connectivity index (χ3v) is 3.45. The summed E-state index contributed by atoms with van der Waals surface area (Å²) in [5.41, 5.74) is 3.13. The standard InChI is InChI=1S/C17H19ClN2O/c1-2-14-5-3-4-6-16(14)20-17(21)12-19-11-13-7-9-15(18)10-8-13/h3-10,19H,2,11-12H2,1H3,(H,20,21). The molecule has 2 rings (SSSR count). The average molecular weight is 303 g/mol. The number of halogens is 1. The van der Waals surface area contributed by atoms with E-state index >= 15 is 0 Å². The van der Waals surface area contributed by atoms with Crippen LogP contribution in [0.25, 0.3) is 0 Å². The molecule has 0 bridgehead atoms. The maximum Gasteiger partial charge on any atom is 0.238 e. The van der Waals surface area contributed by atoms with Crippen LogP contribution in [-0.4, -0.2) is 12.5 Å². The third-order valence-electron chi connectivity index (χ3n) is 3.20. The lowest BCUT2D eigenvalue weighted by molar-refractivity contribution is -0.115. The first-order valence-electron chi connectivity index (χ1n) is 7.02. The molecule has 2 N–H and O–H groups in total. The summed E-state index contributed by atoms with van der Waals surface area (Å²) in [6, 6.07) is 15.4. The van der Waals surface area contributed by atoms with E-state index in [1.807, 2.05) is 48.5 Å². The molecule has 0 atom stereocenters. The zero-order chi connectivity index (χ0) is 15.1. The molecule has 0 aromatic heterocycles. The molecular weight excluding hydrogens is 284 g/mol. The number of para-hydroxylation sites is 1. The van der Waals surface area contributed by atoms with Crippen LogP contribution in [0.5, 0.6) is 0 Å². The van der Waals surface area contributed by atoms with Crippen molar-refractivity contribution in [2.75, 3.05) is 11.9 Å². The van der Waals surface area contributed by atoms with E-state index in [0.29, 0.717) is 11.6 Å². The number of hydrogen-bond donors (Lipinski definition) is 2. The summed E-state index contributed by atoms with van der Waals surface area (Å²) in [5, 5.41) is 6.77. The molecule has 0 aliphatic rings. The predicted octanol–water partition coefficient (Wildman–Crippen LogP) is 3.63. The molecule has 0 radical (unpaired) electrons. The van der Waals surface area contributed by atoms with E-state index in [9.17, 15) is 4.79 Å². The molecule has 0 fully saturated rings. The van der Waals surface area contributed by atoms with Gasteiger partial charge in [-0.2, -0.15) is 0 Å². The Balaban J connectivity index is 1.81. The lowest BCUT2D eigenvalue weighted by Gasteiger charge is -2.10. The van der Waals surface area contributed by atoms with E-state index in [0.717, 1.165) is 23.2 Å². The Morgan fingerprint density at radius 3 is 2.52 bits per heavy atom. The second-order valence-corrected chi connectivity index (χ2v) is 5.23. The second kappa shape index (κ2) is 7.81. The Hall–Kier alpha value is -1.84. The summed E-state index contributed by atoms with van der Waals surface area (Å²) in [6.07, 6.45) is 0.897. The number of carbonyl (C=O) groups is 1. The van der Waals surface area contributed by atoms with Gasteiger partial charge in [0.1, 0.15) is 0 Å². The monoisotopic (exact) mass is 302 g/mol. The Bertz CT molecular complexity index is 596. The molecule has 0 aliphatic heterocycles. The van der Waals surface area contributed by atoms with E-state index in [4.69, 9.17) is 11.6 Å². The summed E-state index contributed by atoms with van der Waals surface area (Å²) in [4.78, 5) is 11.9. The molecule has 0 saturated carbocycles. The van der Waals surface area contributed by atoms with Gasteiger partial charge in [0.15, 0.2) is 0 Å². The first-order valence-corrected chi connectivity index (χ1v) is 7.39. The normalized spacial score (nSPS) is 10.4. The minimum absolute atomic E-state index is 0.0372. The van der Waals surface area contributed by atoms with Crippen molar-refractivity contribution in [3.8, 4) is 0 Å². The molecule has 4 heteroatoms. The summed E-state index contributed by atoms with van der Waals surface area (Å²) in [6.45, 7) is 2.99. The fraction of sp³-hybridized carbons (Fsp3) is 0.235. The summed E-state index contributed by atoms with van der Waals surface area (Å²) < 4.78 is 0. The number of carbonyl (C=O) groups excluding carboxylic acids is 1. The highest BCUT2D eigenvalue weighted by Crippen LogP contribution is 2.15. The van der Waals surface area contributed by atoms with Crippen molar-refractivity contribution in [2.45, 2.75) is 19.9 Å². The van der Waals surface area contributed by atoms with Gasteiger partial charge in [-0.1, -0.05) is 48.9 Å².